The predicted molar refractivity (Wildman–Crippen MR) is 69.5 cm³/mol. The van der Waals surface area contributed by atoms with E-state index in [0.29, 0.717) is 17.0 Å². The molecule has 2 heterocycles. The number of carbonyl (C=O) groups is 1. The maximum Gasteiger partial charge on any atom is 0.272 e. The average molecular weight is 258 g/mol. The lowest BCUT2D eigenvalue weighted by molar-refractivity contribution is 0.101. The van der Waals surface area contributed by atoms with Crippen molar-refractivity contribution < 1.29 is 13.6 Å². The third kappa shape index (κ3) is 1.99. The van der Waals surface area contributed by atoms with Gasteiger partial charge in [0.1, 0.15) is 11.5 Å². The molecule has 0 fully saturated rings. The summed E-state index contributed by atoms with van der Waals surface area (Å²) in [6, 6.07) is 9.09. The van der Waals surface area contributed by atoms with Gasteiger partial charge in [-0.1, -0.05) is 0 Å². The molecule has 0 aliphatic heterocycles. The third-order valence-electron chi connectivity index (χ3n) is 3.00. The summed E-state index contributed by atoms with van der Waals surface area (Å²) < 4.78 is 19.8. The molecule has 96 valence electrons. The zero-order chi connectivity index (χ0) is 13.4. The maximum absolute atomic E-state index is 12.8. The molecule has 1 amide bonds. The maximum atomic E-state index is 12.8. The summed E-state index contributed by atoms with van der Waals surface area (Å²) >= 11 is 0. The highest BCUT2D eigenvalue weighted by molar-refractivity contribution is 6.05. The van der Waals surface area contributed by atoms with Gasteiger partial charge in [0.25, 0.3) is 5.91 Å². The van der Waals surface area contributed by atoms with Crippen LogP contribution in [-0.4, -0.2) is 10.5 Å². The second-order valence-corrected chi connectivity index (χ2v) is 4.22. The number of benzene rings is 1. The molecule has 19 heavy (non-hydrogen) atoms. The Bertz CT molecular complexity index is 740. The molecular formula is C14H11FN2O2. The normalized spacial score (nSPS) is 10.8. The van der Waals surface area contributed by atoms with Gasteiger partial charge in [0.15, 0.2) is 5.58 Å². The zero-order valence-electron chi connectivity index (χ0n) is 10.2. The van der Waals surface area contributed by atoms with Crippen LogP contribution in [0.5, 0.6) is 0 Å². The van der Waals surface area contributed by atoms with E-state index >= 15 is 0 Å². The van der Waals surface area contributed by atoms with Crippen molar-refractivity contribution in [3.8, 4) is 0 Å². The van der Waals surface area contributed by atoms with E-state index in [1.165, 1.54) is 24.3 Å². The number of rotatable bonds is 2. The molecule has 2 aromatic heterocycles. The molecule has 1 aromatic carbocycles. The fourth-order valence-corrected chi connectivity index (χ4v) is 2.00. The molecule has 0 unspecified atom stereocenters. The number of anilines is 1. The van der Waals surface area contributed by atoms with Gasteiger partial charge in [0.05, 0.1) is 11.8 Å². The Morgan fingerprint density at radius 2 is 2.00 bits per heavy atom. The van der Waals surface area contributed by atoms with E-state index in [1.54, 1.807) is 30.0 Å². The minimum atomic E-state index is -0.339. The topological polar surface area (TPSA) is 47.2 Å². The largest absolute Gasteiger partial charge is 0.463 e. The molecule has 0 aliphatic carbocycles. The van der Waals surface area contributed by atoms with Crippen molar-refractivity contribution >= 4 is 22.7 Å². The average Bonchev–Trinajstić information content (AvgIpc) is 2.96. The van der Waals surface area contributed by atoms with Crippen LogP contribution in [0.4, 0.5) is 10.1 Å². The van der Waals surface area contributed by atoms with Gasteiger partial charge in [-0.3, -0.25) is 4.79 Å². The van der Waals surface area contributed by atoms with E-state index < -0.39 is 0 Å². The molecule has 0 atom stereocenters. The van der Waals surface area contributed by atoms with Gasteiger partial charge in [-0.05, 0) is 24.3 Å². The molecule has 0 saturated heterocycles. The number of fused-ring (bicyclic) bond motifs is 1. The first-order valence-electron chi connectivity index (χ1n) is 5.75. The van der Waals surface area contributed by atoms with E-state index in [1.807, 2.05) is 0 Å². The fraction of sp³-hybridized carbons (Fsp3) is 0.0714. The van der Waals surface area contributed by atoms with Crippen molar-refractivity contribution in [2.45, 2.75) is 0 Å². The monoisotopic (exact) mass is 258 g/mol. The first kappa shape index (κ1) is 11.5. The van der Waals surface area contributed by atoms with Crippen LogP contribution in [0.1, 0.15) is 10.5 Å². The number of aromatic nitrogens is 1. The zero-order valence-corrected chi connectivity index (χ0v) is 10.2. The molecular weight excluding hydrogens is 247 g/mol. The summed E-state index contributed by atoms with van der Waals surface area (Å²) in [5.74, 6) is -0.602. The number of nitrogens with zero attached hydrogens (tertiary/aromatic N) is 1. The Hall–Kier alpha value is -2.56. The minimum Gasteiger partial charge on any atom is -0.463 e. The summed E-state index contributed by atoms with van der Waals surface area (Å²) in [7, 11) is 1.79. The van der Waals surface area contributed by atoms with Gasteiger partial charge < -0.3 is 14.3 Å². The van der Waals surface area contributed by atoms with Gasteiger partial charge in [0, 0.05) is 24.9 Å². The van der Waals surface area contributed by atoms with Gasteiger partial charge in [-0.15, -0.1) is 0 Å². The molecule has 0 spiro atoms. The standard InChI is InChI=1S/C14H11FN2O2/c1-17-11-6-7-19-13(11)8-12(17)14(18)16-10-4-2-9(15)3-5-10/h2-8H,1H3,(H,16,18). The first-order valence-corrected chi connectivity index (χ1v) is 5.75. The lowest BCUT2D eigenvalue weighted by Gasteiger charge is -2.06. The summed E-state index contributed by atoms with van der Waals surface area (Å²) in [6.07, 6.45) is 1.58. The Labute approximate surface area is 108 Å². The van der Waals surface area contributed by atoms with Crippen LogP contribution in [0.3, 0.4) is 0 Å². The number of amides is 1. The second-order valence-electron chi connectivity index (χ2n) is 4.22. The molecule has 1 N–H and O–H groups in total. The van der Waals surface area contributed by atoms with Crippen LogP contribution in [0.25, 0.3) is 11.1 Å². The third-order valence-corrected chi connectivity index (χ3v) is 3.00. The van der Waals surface area contributed by atoms with Gasteiger partial charge in [-0.25, -0.2) is 4.39 Å². The Morgan fingerprint density at radius 3 is 2.68 bits per heavy atom. The van der Waals surface area contributed by atoms with Gasteiger partial charge in [-0.2, -0.15) is 0 Å². The molecule has 5 heteroatoms. The second kappa shape index (κ2) is 4.28. The van der Waals surface area contributed by atoms with Crippen molar-refractivity contribution in [1.29, 1.82) is 0 Å². The molecule has 3 aromatic rings. The van der Waals surface area contributed by atoms with Crippen LogP contribution in [0.2, 0.25) is 0 Å². The lowest BCUT2D eigenvalue weighted by Crippen LogP contribution is -2.15. The van der Waals surface area contributed by atoms with Crippen molar-refractivity contribution in [3.63, 3.8) is 0 Å². The van der Waals surface area contributed by atoms with Gasteiger partial charge in [0.2, 0.25) is 0 Å². The number of carbonyl (C=O) groups excluding carboxylic acids is 1. The van der Waals surface area contributed by atoms with Crippen LogP contribution >= 0.6 is 0 Å². The first-order chi connectivity index (χ1) is 9.15. The molecule has 0 radical (unpaired) electrons. The van der Waals surface area contributed by atoms with E-state index in [2.05, 4.69) is 5.32 Å². The van der Waals surface area contributed by atoms with Crippen molar-refractivity contribution in [3.05, 3.63) is 54.2 Å². The smallest absolute Gasteiger partial charge is 0.272 e. The molecule has 4 nitrogen and oxygen atoms in total. The van der Waals surface area contributed by atoms with Crippen molar-refractivity contribution in [1.82, 2.24) is 4.57 Å². The van der Waals surface area contributed by atoms with E-state index in [9.17, 15) is 9.18 Å². The molecule has 0 aliphatic rings. The van der Waals surface area contributed by atoms with E-state index in [-0.39, 0.29) is 11.7 Å². The number of furan rings is 1. The number of halogens is 1. The van der Waals surface area contributed by atoms with Crippen LogP contribution < -0.4 is 5.32 Å². The number of hydrogen-bond acceptors (Lipinski definition) is 2. The Morgan fingerprint density at radius 1 is 1.26 bits per heavy atom. The van der Waals surface area contributed by atoms with Crippen LogP contribution in [-0.2, 0) is 7.05 Å². The molecule has 0 saturated carbocycles. The minimum absolute atomic E-state index is 0.263. The Kier molecular flexibility index (Phi) is 2.59. The highest BCUT2D eigenvalue weighted by Crippen LogP contribution is 2.20. The van der Waals surface area contributed by atoms with E-state index in [4.69, 9.17) is 4.42 Å². The van der Waals surface area contributed by atoms with Crippen LogP contribution in [0.15, 0.2) is 47.1 Å². The van der Waals surface area contributed by atoms with Crippen LogP contribution in [0, 0.1) is 5.82 Å². The van der Waals surface area contributed by atoms with Gasteiger partial charge >= 0.3 is 0 Å². The molecule has 0 bridgehead atoms. The van der Waals surface area contributed by atoms with E-state index in [0.717, 1.165) is 5.52 Å². The summed E-state index contributed by atoms with van der Waals surface area (Å²) in [5.41, 5.74) is 2.54. The summed E-state index contributed by atoms with van der Waals surface area (Å²) in [5, 5.41) is 2.71. The number of aryl methyl sites for hydroxylation is 1. The summed E-state index contributed by atoms with van der Waals surface area (Å²) in [6.45, 7) is 0. The quantitative estimate of drug-likeness (QED) is 0.767. The SMILES string of the molecule is Cn1c(C(=O)Nc2ccc(F)cc2)cc2occc21. The predicted octanol–water partition coefficient (Wildman–Crippen LogP) is 3.16. The highest BCUT2D eigenvalue weighted by Gasteiger charge is 2.15. The fourth-order valence-electron chi connectivity index (χ4n) is 2.00. The van der Waals surface area contributed by atoms with Crippen molar-refractivity contribution in [2.75, 3.05) is 5.32 Å². The highest BCUT2D eigenvalue weighted by atomic mass is 19.1. The summed E-state index contributed by atoms with van der Waals surface area (Å²) in [4.78, 5) is 12.1. The number of nitrogens with one attached hydrogen (secondary N) is 1. The molecule has 3 rings (SSSR count). The van der Waals surface area contributed by atoms with Crippen molar-refractivity contribution in [2.24, 2.45) is 7.05 Å². The lowest BCUT2D eigenvalue weighted by atomic mass is 10.3. The Balaban J connectivity index is 1.89. The number of hydrogen-bond donors (Lipinski definition) is 1.